The third kappa shape index (κ3) is 4.65. The highest BCUT2D eigenvalue weighted by atomic mass is 19.4. The van der Waals surface area contributed by atoms with Crippen molar-refractivity contribution in [2.45, 2.75) is 19.3 Å². The Hall–Kier alpha value is -3.88. The number of fused-ring (bicyclic) bond motifs is 1. The fourth-order valence-corrected chi connectivity index (χ4v) is 4.77. The molecule has 3 aromatic rings. The van der Waals surface area contributed by atoms with E-state index in [1.165, 1.54) is 4.90 Å². The zero-order valence-corrected chi connectivity index (χ0v) is 19.3. The van der Waals surface area contributed by atoms with Crippen LogP contribution >= 0.6 is 0 Å². The summed E-state index contributed by atoms with van der Waals surface area (Å²) < 4.78 is 53.7. The summed E-state index contributed by atoms with van der Waals surface area (Å²) in [7, 11) is 0. The van der Waals surface area contributed by atoms with Crippen LogP contribution in [0.1, 0.15) is 37.4 Å². The van der Waals surface area contributed by atoms with Gasteiger partial charge in [-0.15, -0.1) is 0 Å². The molecule has 5 nitrogen and oxygen atoms in total. The minimum atomic E-state index is -4.75. The van der Waals surface area contributed by atoms with Crippen molar-refractivity contribution in [1.29, 1.82) is 0 Å². The molecule has 0 aromatic heterocycles. The minimum absolute atomic E-state index is 0.0219. The number of halogens is 4. The zero-order chi connectivity index (χ0) is 25.4. The number of benzene rings is 3. The number of anilines is 1. The van der Waals surface area contributed by atoms with E-state index < -0.39 is 29.0 Å². The van der Waals surface area contributed by atoms with Crippen molar-refractivity contribution in [2.24, 2.45) is 0 Å². The summed E-state index contributed by atoms with van der Waals surface area (Å²) in [5, 5.41) is 0. The van der Waals surface area contributed by atoms with E-state index in [1.807, 2.05) is 47.4 Å². The number of alkyl halides is 3. The fraction of sp³-hybridized carbons (Fsp3) is 0.259. The topological polar surface area (TPSA) is 43.9 Å². The molecule has 186 valence electrons. The minimum Gasteiger partial charge on any atom is -0.368 e. The SMILES string of the molecule is O=C1c2ccc(N3CCN(C(=O)c4cc(F)ccc4C(F)(F)F)CC3)cc2CN1Cc1ccccc1. The molecule has 0 saturated carbocycles. The lowest BCUT2D eigenvalue weighted by Crippen LogP contribution is -2.49. The number of carbonyl (C=O) groups is 2. The van der Waals surface area contributed by atoms with E-state index in [2.05, 4.69) is 0 Å². The van der Waals surface area contributed by atoms with E-state index in [1.54, 1.807) is 11.0 Å². The highest BCUT2D eigenvalue weighted by Crippen LogP contribution is 2.33. The molecule has 2 aliphatic rings. The van der Waals surface area contributed by atoms with Gasteiger partial charge in [0.2, 0.25) is 0 Å². The first-order chi connectivity index (χ1) is 17.2. The van der Waals surface area contributed by atoms with E-state index in [9.17, 15) is 27.2 Å². The largest absolute Gasteiger partial charge is 0.417 e. The van der Waals surface area contributed by atoms with Crippen LogP contribution in [0.5, 0.6) is 0 Å². The van der Waals surface area contributed by atoms with Crippen molar-refractivity contribution < 1.29 is 27.2 Å². The molecule has 1 saturated heterocycles. The van der Waals surface area contributed by atoms with Crippen molar-refractivity contribution in [2.75, 3.05) is 31.1 Å². The highest BCUT2D eigenvalue weighted by molar-refractivity contribution is 5.99. The summed E-state index contributed by atoms with van der Waals surface area (Å²) in [5.41, 5.74) is 1.70. The third-order valence-corrected chi connectivity index (χ3v) is 6.63. The number of piperazine rings is 1. The van der Waals surface area contributed by atoms with Gasteiger partial charge in [-0.2, -0.15) is 13.2 Å². The van der Waals surface area contributed by atoms with E-state index >= 15 is 0 Å². The quantitative estimate of drug-likeness (QED) is 0.479. The Balaban J connectivity index is 1.26. The number of rotatable bonds is 4. The molecule has 2 heterocycles. The molecule has 3 aromatic carbocycles. The van der Waals surface area contributed by atoms with Crippen molar-refractivity contribution in [3.05, 3.63) is 100 Å². The van der Waals surface area contributed by atoms with Crippen LogP contribution in [-0.4, -0.2) is 47.8 Å². The van der Waals surface area contributed by atoms with Crippen molar-refractivity contribution >= 4 is 17.5 Å². The van der Waals surface area contributed by atoms with Crippen molar-refractivity contribution in [3.63, 3.8) is 0 Å². The van der Waals surface area contributed by atoms with Gasteiger partial charge in [0.25, 0.3) is 11.8 Å². The fourth-order valence-electron chi connectivity index (χ4n) is 4.77. The smallest absolute Gasteiger partial charge is 0.368 e. The standard InChI is InChI=1S/C27H23F4N3O2/c28-20-6-9-24(27(29,30)31)23(15-20)26(36)33-12-10-32(11-13-33)21-7-8-22-19(14-21)17-34(25(22)35)16-18-4-2-1-3-5-18/h1-9,14-15H,10-13,16-17H2. The maximum Gasteiger partial charge on any atom is 0.417 e. The van der Waals surface area contributed by atoms with Crippen LogP contribution in [0.3, 0.4) is 0 Å². The molecule has 0 N–H and O–H groups in total. The van der Waals surface area contributed by atoms with E-state index in [0.717, 1.165) is 16.8 Å². The van der Waals surface area contributed by atoms with Crippen LogP contribution in [0.2, 0.25) is 0 Å². The number of hydrogen-bond donors (Lipinski definition) is 0. The van der Waals surface area contributed by atoms with E-state index in [4.69, 9.17) is 0 Å². The van der Waals surface area contributed by atoms with Gasteiger partial charge in [0.05, 0.1) is 11.1 Å². The molecule has 0 aliphatic carbocycles. The number of hydrogen-bond acceptors (Lipinski definition) is 3. The molecule has 2 aliphatic heterocycles. The second-order valence-electron chi connectivity index (χ2n) is 8.96. The van der Waals surface area contributed by atoms with Crippen LogP contribution < -0.4 is 4.90 Å². The van der Waals surface area contributed by atoms with Crippen molar-refractivity contribution in [3.8, 4) is 0 Å². The first-order valence-electron chi connectivity index (χ1n) is 11.6. The Kier molecular flexibility index (Phi) is 6.15. The van der Waals surface area contributed by atoms with Crippen LogP contribution in [0.25, 0.3) is 0 Å². The van der Waals surface area contributed by atoms with Gasteiger partial charge in [0.15, 0.2) is 0 Å². The van der Waals surface area contributed by atoms with Gasteiger partial charge < -0.3 is 14.7 Å². The first kappa shape index (κ1) is 23.8. The Morgan fingerprint density at radius 1 is 0.889 bits per heavy atom. The van der Waals surface area contributed by atoms with Gasteiger partial charge in [-0.05, 0) is 47.5 Å². The molecule has 36 heavy (non-hydrogen) atoms. The van der Waals surface area contributed by atoms with Gasteiger partial charge in [0.1, 0.15) is 5.82 Å². The van der Waals surface area contributed by atoms with Gasteiger partial charge in [0, 0.05) is 50.5 Å². The lowest BCUT2D eigenvalue weighted by Gasteiger charge is -2.36. The van der Waals surface area contributed by atoms with Crippen molar-refractivity contribution in [1.82, 2.24) is 9.80 Å². The monoisotopic (exact) mass is 497 g/mol. The second kappa shape index (κ2) is 9.29. The molecule has 0 spiro atoms. The summed E-state index contributed by atoms with van der Waals surface area (Å²) in [4.78, 5) is 30.8. The number of nitrogens with zero attached hydrogens (tertiary/aromatic N) is 3. The lowest BCUT2D eigenvalue weighted by molar-refractivity contribution is -0.138. The third-order valence-electron chi connectivity index (χ3n) is 6.63. The molecule has 9 heteroatoms. The summed E-state index contributed by atoms with van der Waals surface area (Å²) in [6.07, 6.45) is -4.75. The molecule has 0 bridgehead atoms. The van der Waals surface area contributed by atoms with Gasteiger partial charge in [-0.3, -0.25) is 9.59 Å². The zero-order valence-electron chi connectivity index (χ0n) is 19.3. The normalized spacial score (nSPS) is 15.9. The Bertz CT molecular complexity index is 1300. The average Bonchev–Trinajstić information content (AvgIpc) is 3.17. The van der Waals surface area contributed by atoms with Crippen LogP contribution in [0.15, 0.2) is 66.7 Å². The molecule has 2 amide bonds. The number of carbonyl (C=O) groups excluding carboxylic acids is 2. The predicted octanol–water partition coefficient (Wildman–Crippen LogP) is 4.96. The lowest BCUT2D eigenvalue weighted by atomic mass is 10.0. The van der Waals surface area contributed by atoms with Gasteiger partial charge >= 0.3 is 6.18 Å². The van der Waals surface area contributed by atoms with Crippen LogP contribution in [0, 0.1) is 5.82 Å². The maximum atomic E-state index is 13.7. The Morgan fingerprint density at radius 3 is 2.31 bits per heavy atom. The van der Waals surface area contributed by atoms with Gasteiger partial charge in [-0.25, -0.2) is 4.39 Å². The number of amides is 2. The van der Waals surface area contributed by atoms with Crippen LogP contribution in [-0.2, 0) is 19.3 Å². The van der Waals surface area contributed by atoms with E-state index in [-0.39, 0.29) is 19.0 Å². The van der Waals surface area contributed by atoms with Crippen LogP contribution in [0.4, 0.5) is 23.2 Å². The summed E-state index contributed by atoms with van der Waals surface area (Å²) in [6.45, 7) is 2.22. The summed E-state index contributed by atoms with van der Waals surface area (Å²) in [5.74, 6) is -1.75. The average molecular weight is 497 g/mol. The maximum absolute atomic E-state index is 13.7. The van der Waals surface area contributed by atoms with E-state index in [0.29, 0.717) is 49.9 Å². The second-order valence-corrected chi connectivity index (χ2v) is 8.96. The molecular weight excluding hydrogens is 474 g/mol. The summed E-state index contributed by atoms with van der Waals surface area (Å²) >= 11 is 0. The first-order valence-corrected chi connectivity index (χ1v) is 11.6. The Labute approximate surface area is 205 Å². The molecule has 5 rings (SSSR count). The molecule has 0 atom stereocenters. The Morgan fingerprint density at radius 2 is 1.61 bits per heavy atom. The predicted molar refractivity (Wildman–Crippen MR) is 126 cm³/mol. The molecule has 1 fully saturated rings. The molecular formula is C27H23F4N3O2. The summed E-state index contributed by atoms with van der Waals surface area (Å²) in [6, 6.07) is 17.3. The molecule has 0 unspecified atom stereocenters. The van der Waals surface area contributed by atoms with Gasteiger partial charge in [-0.1, -0.05) is 30.3 Å². The highest BCUT2D eigenvalue weighted by Gasteiger charge is 2.37. The molecule has 0 radical (unpaired) electrons.